The van der Waals surface area contributed by atoms with Crippen molar-refractivity contribution in [3.63, 3.8) is 0 Å². The summed E-state index contributed by atoms with van der Waals surface area (Å²) in [4.78, 5) is 38.3. The molecule has 6 heteroatoms. The van der Waals surface area contributed by atoms with Crippen molar-refractivity contribution in [2.45, 2.75) is 335 Å². The number of unbranched alkanes of at least 4 members (excludes halogenated alkanes) is 35. The zero-order chi connectivity index (χ0) is 55.7. The fraction of sp³-hybridized carbons (Fsp3) is 0.761. The van der Waals surface area contributed by atoms with Gasteiger partial charge in [-0.3, -0.25) is 14.4 Å². The van der Waals surface area contributed by atoms with Crippen LogP contribution < -0.4 is 0 Å². The van der Waals surface area contributed by atoms with E-state index in [2.05, 4.69) is 106 Å². The summed E-state index contributed by atoms with van der Waals surface area (Å²) in [5.74, 6) is -0.883. The van der Waals surface area contributed by atoms with Crippen molar-refractivity contribution >= 4 is 17.9 Å². The molecule has 0 aromatic carbocycles. The molecule has 0 aromatic rings. The van der Waals surface area contributed by atoms with Crippen molar-refractivity contribution in [2.24, 2.45) is 0 Å². The second-order valence-corrected chi connectivity index (χ2v) is 22.0. The number of rotatable bonds is 60. The quantitative estimate of drug-likeness (QED) is 0.0261. The minimum atomic E-state index is -0.782. The van der Waals surface area contributed by atoms with Gasteiger partial charge in [0.15, 0.2) is 6.10 Å². The van der Waals surface area contributed by atoms with Gasteiger partial charge in [-0.1, -0.05) is 318 Å². The van der Waals surface area contributed by atoms with E-state index in [1.165, 1.54) is 167 Å². The van der Waals surface area contributed by atoms with E-state index in [9.17, 15) is 14.4 Å². The van der Waals surface area contributed by atoms with Gasteiger partial charge in [-0.2, -0.15) is 0 Å². The molecular weight excluding hydrogens is 949 g/mol. The second kappa shape index (κ2) is 65.1. The number of hydrogen-bond acceptors (Lipinski definition) is 6. The maximum Gasteiger partial charge on any atom is 0.306 e. The minimum Gasteiger partial charge on any atom is -0.462 e. The Balaban J connectivity index is 4.30. The number of ether oxygens (including phenoxy) is 3. The number of allylic oxidation sites excluding steroid dienone is 14. The molecule has 0 radical (unpaired) electrons. The highest BCUT2D eigenvalue weighted by molar-refractivity contribution is 5.71. The van der Waals surface area contributed by atoms with Crippen LogP contribution in [0, 0.1) is 0 Å². The van der Waals surface area contributed by atoms with Crippen LogP contribution >= 0.6 is 0 Å². The largest absolute Gasteiger partial charge is 0.462 e. The number of carbonyl (C=O) groups excluding carboxylic acids is 3. The Morgan fingerprint density at radius 1 is 0.273 bits per heavy atom. The third kappa shape index (κ3) is 63.3. The van der Waals surface area contributed by atoms with Crippen LogP contribution in [0.1, 0.15) is 329 Å². The van der Waals surface area contributed by atoms with Crippen LogP contribution in [-0.2, 0) is 28.6 Å². The van der Waals surface area contributed by atoms with E-state index in [0.29, 0.717) is 19.3 Å². The third-order valence-electron chi connectivity index (χ3n) is 14.4. The first kappa shape index (κ1) is 73.6. The molecule has 77 heavy (non-hydrogen) atoms. The van der Waals surface area contributed by atoms with Crippen LogP contribution in [0.15, 0.2) is 85.1 Å². The molecule has 0 amide bonds. The number of carbonyl (C=O) groups is 3. The second-order valence-electron chi connectivity index (χ2n) is 22.0. The van der Waals surface area contributed by atoms with Gasteiger partial charge in [0.1, 0.15) is 13.2 Å². The lowest BCUT2D eigenvalue weighted by Gasteiger charge is -2.18. The molecule has 0 bridgehead atoms. The van der Waals surface area contributed by atoms with Crippen LogP contribution in [0.4, 0.5) is 0 Å². The molecule has 0 aromatic heterocycles. The average molecular weight is 1070 g/mol. The maximum atomic E-state index is 12.9. The molecular formula is C71H124O6. The van der Waals surface area contributed by atoms with Gasteiger partial charge in [0.2, 0.25) is 0 Å². The fourth-order valence-corrected chi connectivity index (χ4v) is 9.48. The number of hydrogen-bond donors (Lipinski definition) is 0. The molecule has 1 atom stereocenters. The summed E-state index contributed by atoms with van der Waals surface area (Å²) >= 11 is 0. The van der Waals surface area contributed by atoms with Gasteiger partial charge >= 0.3 is 17.9 Å². The van der Waals surface area contributed by atoms with Crippen LogP contribution in [0.3, 0.4) is 0 Å². The summed E-state index contributed by atoms with van der Waals surface area (Å²) in [5.41, 5.74) is 0. The normalized spacial score (nSPS) is 12.6. The predicted molar refractivity (Wildman–Crippen MR) is 334 cm³/mol. The van der Waals surface area contributed by atoms with Crippen molar-refractivity contribution in [2.75, 3.05) is 13.2 Å². The summed E-state index contributed by atoms with van der Waals surface area (Å²) in [5, 5.41) is 0. The van der Waals surface area contributed by atoms with Crippen molar-refractivity contribution in [3.05, 3.63) is 85.1 Å². The van der Waals surface area contributed by atoms with Crippen LogP contribution in [-0.4, -0.2) is 37.2 Å². The van der Waals surface area contributed by atoms with Gasteiger partial charge in [-0.25, -0.2) is 0 Å². The Morgan fingerprint density at radius 3 is 0.792 bits per heavy atom. The molecule has 0 N–H and O–H groups in total. The van der Waals surface area contributed by atoms with Gasteiger partial charge in [-0.05, 0) is 77.0 Å². The monoisotopic (exact) mass is 1070 g/mol. The highest BCUT2D eigenvalue weighted by Gasteiger charge is 2.19. The lowest BCUT2D eigenvalue weighted by molar-refractivity contribution is -0.167. The lowest BCUT2D eigenvalue weighted by atomic mass is 10.0. The number of esters is 3. The summed E-state index contributed by atoms with van der Waals surface area (Å²) in [6.45, 7) is 6.55. The first-order chi connectivity index (χ1) is 38.0. The molecule has 0 saturated carbocycles. The molecule has 444 valence electrons. The van der Waals surface area contributed by atoms with E-state index in [4.69, 9.17) is 14.2 Å². The Bertz CT molecular complexity index is 1470. The Labute approximate surface area is 477 Å². The Hall–Kier alpha value is -3.41. The SMILES string of the molecule is CC/C=C\C/C=C\C/C=C\C/C=C\C/C=C\C/C=C\C/C=C\CCCCCCCC(=O)OCC(COC(=O)CCCCCCCCCCCCC)OC(=O)CCCCCCCCCCCCCCCCCCCCCCC. The molecule has 1 unspecified atom stereocenters. The van der Waals surface area contributed by atoms with E-state index in [0.717, 1.165) is 122 Å². The van der Waals surface area contributed by atoms with Crippen molar-refractivity contribution in [3.8, 4) is 0 Å². The maximum absolute atomic E-state index is 12.9. The third-order valence-corrected chi connectivity index (χ3v) is 14.4. The van der Waals surface area contributed by atoms with Gasteiger partial charge in [0.05, 0.1) is 0 Å². The van der Waals surface area contributed by atoms with Crippen molar-refractivity contribution in [1.29, 1.82) is 0 Å². The van der Waals surface area contributed by atoms with Crippen LogP contribution in [0.25, 0.3) is 0 Å². The molecule has 0 spiro atoms. The summed E-state index contributed by atoms with van der Waals surface area (Å²) in [6.07, 6.45) is 86.0. The van der Waals surface area contributed by atoms with Gasteiger partial charge in [-0.15, -0.1) is 0 Å². The van der Waals surface area contributed by atoms with E-state index in [1.54, 1.807) is 0 Å². The van der Waals surface area contributed by atoms with E-state index in [1.807, 2.05) is 0 Å². The van der Waals surface area contributed by atoms with E-state index in [-0.39, 0.29) is 31.1 Å². The molecule has 0 aliphatic rings. The minimum absolute atomic E-state index is 0.0783. The standard InChI is InChI=1S/C71H124O6/c1-4-7-10-13-16-19-22-24-26-28-30-32-33-34-35-36-37-39-40-42-44-46-49-52-55-58-61-64-70(73)76-67-68(66-75-69(72)63-60-57-54-51-48-21-18-15-12-9-6-3)77-71(74)65-62-59-56-53-50-47-45-43-41-38-31-29-27-25-23-20-17-14-11-8-5-2/h7,10,16,19,24,26,30,32,34-35,37,39,42,44,68H,4-6,8-9,11-15,17-18,20-23,25,27-29,31,33,36,38,40-41,43,45-67H2,1-3H3/b10-7-,19-16-,26-24-,32-30-,35-34-,39-37-,44-42-. The summed E-state index contributed by atoms with van der Waals surface area (Å²) in [6, 6.07) is 0. The highest BCUT2D eigenvalue weighted by atomic mass is 16.6. The average Bonchev–Trinajstić information content (AvgIpc) is 3.43. The highest BCUT2D eigenvalue weighted by Crippen LogP contribution is 2.17. The van der Waals surface area contributed by atoms with Gasteiger partial charge < -0.3 is 14.2 Å². The summed E-state index contributed by atoms with van der Waals surface area (Å²) in [7, 11) is 0. The summed E-state index contributed by atoms with van der Waals surface area (Å²) < 4.78 is 16.9. The first-order valence-electron chi connectivity index (χ1n) is 33.1. The fourth-order valence-electron chi connectivity index (χ4n) is 9.48. The molecule has 0 aliphatic heterocycles. The molecule has 0 aliphatic carbocycles. The molecule has 0 rings (SSSR count). The topological polar surface area (TPSA) is 78.9 Å². The molecule has 0 fully saturated rings. The van der Waals surface area contributed by atoms with E-state index < -0.39 is 6.10 Å². The molecule has 0 heterocycles. The Kier molecular flexibility index (Phi) is 62.2. The first-order valence-corrected chi connectivity index (χ1v) is 33.1. The van der Waals surface area contributed by atoms with Crippen LogP contribution in [0.2, 0.25) is 0 Å². The molecule has 6 nitrogen and oxygen atoms in total. The smallest absolute Gasteiger partial charge is 0.306 e. The van der Waals surface area contributed by atoms with Crippen molar-refractivity contribution in [1.82, 2.24) is 0 Å². The predicted octanol–water partition coefficient (Wildman–Crippen LogP) is 22.7. The zero-order valence-corrected chi connectivity index (χ0v) is 51.0. The zero-order valence-electron chi connectivity index (χ0n) is 51.0. The van der Waals surface area contributed by atoms with E-state index >= 15 is 0 Å². The lowest BCUT2D eigenvalue weighted by Crippen LogP contribution is -2.30. The Morgan fingerprint density at radius 2 is 0.506 bits per heavy atom. The van der Waals surface area contributed by atoms with Gasteiger partial charge in [0.25, 0.3) is 0 Å². The van der Waals surface area contributed by atoms with Crippen LogP contribution in [0.5, 0.6) is 0 Å². The van der Waals surface area contributed by atoms with Gasteiger partial charge in [0, 0.05) is 19.3 Å². The molecule has 0 saturated heterocycles. The van der Waals surface area contributed by atoms with Crippen molar-refractivity contribution < 1.29 is 28.6 Å².